The van der Waals surface area contributed by atoms with Crippen molar-refractivity contribution in [3.63, 3.8) is 0 Å². The summed E-state index contributed by atoms with van der Waals surface area (Å²) in [6, 6.07) is 11.2. The lowest BCUT2D eigenvalue weighted by Crippen LogP contribution is -2.30. The van der Waals surface area contributed by atoms with E-state index in [0.29, 0.717) is 17.5 Å². The summed E-state index contributed by atoms with van der Waals surface area (Å²) in [7, 11) is 0. The number of benzene rings is 2. The van der Waals surface area contributed by atoms with Crippen molar-refractivity contribution in [2.75, 3.05) is 5.32 Å². The molecule has 0 saturated heterocycles. The summed E-state index contributed by atoms with van der Waals surface area (Å²) in [6.07, 6.45) is 0.716. The van der Waals surface area contributed by atoms with Crippen LogP contribution in [-0.4, -0.2) is 15.6 Å². The molecule has 5 nitrogen and oxygen atoms in total. The number of carbonyl (C=O) groups excluding carboxylic acids is 1. The van der Waals surface area contributed by atoms with Crippen LogP contribution in [0.3, 0.4) is 0 Å². The standard InChI is InChI=1S/C21H20N2O3/c1-11-7-8-12(2)16(9-11)22-20(25)17-19(24)15-6-4-5-14-10-13(3)23(18(14)15)21(17)26/h4-9,13,24H,10H2,1-3H3,(H,22,25)/t13-/m1/s1. The van der Waals surface area contributed by atoms with Gasteiger partial charge in [0, 0.05) is 17.1 Å². The first-order valence-electron chi connectivity index (χ1n) is 8.66. The van der Waals surface area contributed by atoms with Gasteiger partial charge in [-0.2, -0.15) is 0 Å². The smallest absolute Gasteiger partial charge is 0.268 e. The summed E-state index contributed by atoms with van der Waals surface area (Å²) in [5.41, 5.74) is 3.62. The Hall–Kier alpha value is -3.08. The molecule has 0 unspecified atom stereocenters. The normalized spacial score (nSPS) is 15.4. The van der Waals surface area contributed by atoms with Gasteiger partial charge < -0.3 is 15.0 Å². The van der Waals surface area contributed by atoms with Crippen LogP contribution in [0.4, 0.5) is 5.69 Å². The van der Waals surface area contributed by atoms with E-state index in [2.05, 4.69) is 5.32 Å². The van der Waals surface area contributed by atoms with Gasteiger partial charge in [-0.25, -0.2) is 0 Å². The van der Waals surface area contributed by atoms with Crippen molar-refractivity contribution in [1.29, 1.82) is 0 Å². The molecule has 0 bridgehead atoms. The molecule has 2 heterocycles. The molecule has 5 heteroatoms. The Labute approximate surface area is 150 Å². The third-order valence-electron chi connectivity index (χ3n) is 5.11. The molecule has 1 amide bonds. The zero-order valence-corrected chi connectivity index (χ0v) is 15.0. The highest BCUT2D eigenvalue weighted by molar-refractivity contribution is 6.09. The Morgan fingerprint density at radius 1 is 1.23 bits per heavy atom. The predicted octanol–water partition coefficient (Wildman–Crippen LogP) is 3.69. The van der Waals surface area contributed by atoms with Crippen molar-refractivity contribution in [1.82, 2.24) is 4.57 Å². The van der Waals surface area contributed by atoms with Gasteiger partial charge in [-0.3, -0.25) is 9.59 Å². The highest BCUT2D eigenvalue weighted by Gasteiger charge is 2.29. The van der Waals surface area contributed by atoms with E-state index in [-0.39, 0.29) is 17.4 Å². The maximum absolute atomic E-state index is 13.0. The number of aryl methyl sites for hydroxylation is 2. The third kappa shape index (κ3) is 2.31. The SMILES string of the molecule is Cc1ccc(C)c(NC(=O)c2c(O)c3cccc4c3n(c2=O)[C@H](C)C4)c1. The first-order chi connectivity index (χ1) is 12.4. The van der Waals surface area contributed by atoms with Gasteiger partial charge in [-0.05, 0) is 56.0 Å². The van der Waals surface area contributed by atoms with Crippen LogP contribution in [0.25, 0.3) is 10.9 Å². The summed E-state index contributed by atoms with van der Waals surface area (Å²) in [6.45, 7) is 5.77. The molecule has 0 aliphatic carbocycles. The summed E-state index contributed by atoms with van der Waals surface area (Å²) in [5, 5.41) is 14.0. The molecule has 2 N–H and O–H groups in total. The number of aromatic hydroxyl groups is 1. The van der Waals surface area contributed by atoms with Crippen LogP contribution in [-0.2, 0) is 6.42 Å². The fraction of sp³-hybridized carbons (Fsp3) is 0.238. The molecular weight excluding hydrogens is 328 g/mol. The monoisotopic (exact) mass is 348 g/mol. The number of nitrogens with zero attached hydrogens (tertiary/aromatic N) is 1. The number of hydrogen-bond donors (Lipinski definition) is 2. The quantitative estimate of drug-likeness (QED) is 0.742. The second-order valence-electron chi connectivity index (χ2n) is 7.04. The average molecular weight is 348 g/mol. The number of anilines is 1. The third-order valence-corrected chi connectivity index (χ3v) is 5.11. The Bertz CT molecular complexity index is 1130. The van der Waals surface area contributed by atoms with Crippen molar-refractivity contribution < 1.29 is 9.90 Å². The van der Waals surface area contributed by atoms with Gasteiger partial charge in [0.25, 0.3) is 11.5 Å². The lowest BCUT2D eigenvalue weighted by molar-refractivity contribution is 0.102. The summed E-state index contributed by atoms with van der Waals surface area (Å²) < 4.78 is 1.63. The minimum absolute atomic E-state index is 0.0461. The van der Waals surface area contributed by atoms with Crippen LogP contribution in [0, 0.1) is 13.8 Å². The molecular formula is C21H20N2O3. The largest absolute Gasteiger partial charge is 0.506 e. The average Bonchev–Trinajstić information content (AvgIpc) is 2.93. The highest BCUT2D eigenvalue weighted by atomic mass is 16.3. The van der Waals surface area contributed by atoms with Crippen molar-refractivity contribution in [2.45, 2.75) is 33.2 Å². The first-order valence-corrected chi connectivity index (χ1v) is 8.66. The Morgan fingerprint density at radius 2 is 2.00 bits per heavy atom. The van der Waals surface area contributed by atoms with Crippen molar-refractivity contribution in [3.8, 4) is 5.75 Å². The molecule has 0 fully saturated rings. The zero-order chi connectivity index (χ0) is 18.6. The van der Waals surface area contributed by atoms with E-state index in [1.54, 1.807) is 10.6 Å². The van der Waals surface area contributed by atoms with Gasteiger partial charge in [-0.1, -0.05) is 24.3 Å². The Balaban J connectivity index is 1.89. The lowest BCUT2D eigenvalue weighted by atomic mass is 10.1. The molecule has 1 aliphatic rings. The lowest BCUT2D eigenvalue weighted by Gasteiger charge is -2.15. The van der Waals surface area contributed by atoms with Crippen LogP contribution in [0.1, 0.15) is 40.0 Å². The van der Waals surface area contributed by atoms with Crippen LogP contribution >= 0.6 is 0 Å². The first kappa shape index (κ1) is 16.4. The van der Waals surface area contributed by atoms with Gasteiger partial charge >= 0.3 is 0 Å². The van der Waals surface area contributed by atoms with Crippen LogP contribution in [0.15, 0.2) is 41.2 Å². The van der Waals surface area contributed by atoms with E-state index in [1.165, 1.54) is 0 Å². The summed E-state index contributed by atoms with van der Waals surface area (Å²) in [4.78, 5) is 25.9. The molecule has 132 valence electrons. The van der Waals surface area contributed by atoms with Crippen LogP contribution in [0.2, 0.25) is 0 Å². The molecule has 3 aromatic rings. The fourth-order valence-electron chi connectivity index (χ4n) is 3.78. The number of nitrogens with one attached hydrogen (secondary N) is 1. The second-order valence-corrected chi connectivity index (χ2v) is 7.04. The van der Waals surface area contributed by atoms with E-state index >= 15 is 0 Å². The number of para-hydroxylation sites is 1. The van der Waals surface area contributed by atoms with E-state index < -0.39 is 11.5 Å². The highest BCUT2D eigenvalue weighted by Crippen LogP contribution is 2.36. The molecule has 2 aromatic carbocycles. The van der Waals surface area contributed by atoms with Crippen molar-refractivity contribution in [2.24, 2.45) is 0 Å². The number of aromatic nitrogens is 1. The van der Waals surface area contributed by atoms with Crippen molar-refractivity contribution in [3.05, 3.63) is 69.0 Å². The predicted molar refractivity (Wildman–Crippen MR) is 102 cm³/mol. The van der Waals surface area contributed by atoms with Gasteiger partial charge in [0.15, 0.2) is 0 Å². The minimum atomic E-state index is -0.587. The molecule has 26 heavy (non-hydrogen) atoms. The zero-order valence-electron chi connectivity index (χ0n) is 15.0. The number of carbonyl (C=O) groups is 1. The minimum Gasteiger partial charge on any atom is -0.506 e. The maximum atomic E-state index is 13.0. The van der Waals surface area contributed by atoms with E-state index in [9.17, 15) is 14.7 Å². The molecule has 0 radical (unpaired) electrons. The summed E-state index contributed by atoms with van der Waals surface area (Å²) in [5.74, 6) is -0.837. The number of rotatable bonds is 2. The van der Waals surface area contributed by atoms with Gasteiger partial charge in [0.2, 0.25) is 0 Å². The van der Waals surface area contributed by atoms with Gasteiger partial charge in [0.05, 0.1) is 5.52 Å². The Kier molecular flexibility index (Phi) is 3.61. The van der Waals surface area contributed by atoms with E-state index in [1.807, 2.05) is 51.1 Å². The fourth-order valence-corrected chi connectivity index (χ4v) is 3.78. The number of amides is 1. The molecule has 1 aliphatic heterocycles. The molecule has 1 atom stereocenters. The van der Waals surface area contributed by atoms with Gasteiger partial charge in [0.1, 0.15) is 11.3 Å². The molecule has 1 aromatic heterocycles. The molecule has 0 spiro atoms. The summed E-state index contributed by atoms with van der Waals surface area (Å²) >= 11 is 0. The van der Waals surface area contributed by atoms with Gasteiger partial charge in [-0.15, -0.1) is 0 Å². The van der Waals surface area contributed by atoms with Crippen LogP contribution < -0.4 is 10.9 Å². The molecule has 4 rings (SSSR count). The maximum Gasteiger partial charge on any atom is 0.268 e. The second kappa shape index (κ2) is 5.73. The topological polar surface area (TPSA) is 71.3 Å². The van der Waals surface area contributed by atoms with Crippen LogP contribution in [0.5, 0.6) is 5.75 Å². The Morgan fingerprint density at radius 3 is 2.77 bits per heavy atom. The number of hydrogen-bond acceptors (Lipinski definition) is 3. The van der Waals surface area contributed by atoms with Crippen molar-refractivity contribution >= 4 is 22.5 Å². The van der Waals surface area contributed by atoms with E-state index in [0.717, 1.165) is 22.2 Å². The number of pyridine rings is 1. The van der Waals surface area contributed by atoms with E-state index in [4.69, 9.17) is 0 Å². The molecule has 0 saturated carbocycles.